The van der Waals surface area contributed by atoms with Gasteiger partial charge in [-0.25, -0.2) is 0 Å². The van der Waals surface area contributed by atoms with Gasteiger partial charge in [0.1, 0.15) is 0 Å². The lowest BCUT2D eigenvalue weighted by molar-refractivity contribution is 0.889. The molecule has 4 aromatic carbocycles. The second kappa shape index (κ2) is 9.23. The van der Waals surface area contributed by atoms with E-state index in [-0.39, 0.29) is 0 Å². The molecule has 178 valence electrons. The molecular weight excluding hydrogens is 490 g/mol. The van der Waals surface area contributed by atoms with Crippen LogP contribution in [-0.4, -0.2) is 4.57 Å². The third-order valence-electron chi connectivity index (χ3n) is 7.17. The van der Waals surface area contributed by atoms with Crippen molar-refractivity contribution < 1.29 is 0 Å². The van der Waals surface area contributed by atoms with Crippen LogP contribution < -0.4 is 0 Å². The van der Waals surface area contributed by atoms with Crippen LogP contribution in [0.3, 0.4) is 0 Å². The van der Waals surface area contributed by atoms with Crippen molar-refractivity contribution >= 4 is 39.9 Å². The fourth-order valence-corrected chi connectivity index (χ4v) is 6.52. The summed E-state index contributed by atoms with van der Waals surface area (Å²) in [6.07, 6.45) is 6.71. The summed E-state index contributed by atoms with van der Waals surface area (Å²) in [5, 5.41) is 2.06. The number of nitrogens with zero attached hydrogens (tertiary/aromatic N) is 1. The summed E-state index contributed by atoms with van der Waals surface area (Å²) in [6, 6.07) is 39.0. The van der Waals surface area contributed by atoms with E-state index in [0.29, 0.717) is 0 Å². The molecule has 1 aliphatic carbocycles. The molecule has 3 heteroatoms. The van der Waals surface area contributed by atoms with Gasteiger partial charge in [-0.2, -0.15) is 0 Å². The number of halogens is 1. The van der Waals surface area contributed by atoms with Crippen molar-refractivity contribution in [2.75, 3.05) is 0 Å². The molecular formula is C34H24ClNS. The second-order valence-corrected chi connectivity index (χ2v) is 11.0. The molecule has 1 aliphatic rings. The van der Waals surface area contributed by atoms with Gasteiger partial charge >= 0.3 is 0 Å². The lowest BCUT2D eigenvalue weighted by Gasteiger charge is -2.14. The van der Waals surface area contributed by atoms with Gasteiger partial charge in [-0.3, -0.25) is 0 Å². The molecule has 6 aromatic rings. The van der Waals surface area contributed by atoms with Crippen molar-refractivity contribution in [3.63, 3.8) is 0 Å². The summed E-state index contributed by atoms with van der Waals surface area (Å²) >= 11 is 7.99. The maximum atomic E-state index is 6.14. The summed E-state index contributed by atoms with van der Waals surface area (Å²) in [5.74, 6) is 0. The Labute approximate surface area is 225 Å². The first-order valence-corrected chi connectivity index (χ1v) is 13.8. The third kappa shape index (κ3) is 4.03. The normalized spacial score (nSPS) is 12.7. The minimum absolute atomic E-state index is 0.762. The molecule has 0 saturated heterocycles. The molecule has 0 amide bonds. The molecule has 0 spiro atoms. The molecule has 0 N–H and O–H groups in total. The van der Waals surface area contributed by atoms with Crippen molar-refractivity contribution in [1.82, 2.24) is 4.57 Å². The number of benzene rings is 4. The summed E-state index contributed by atoms with van der Waals surface area (Å²) in [7, 11) is 0. The van der Waals surface area contributed by atoms with Gasteiger partial charge in [0.2, 0.25) is 0 Å². The van der Waals surface area contributed by atoms with Crippen molar-refractivity contribution in [3.8, 4) is 37.7 Å². The van der Waals surface area contributed by atoms with Gasteiger partial charge < -0.3 is 4.57 Å². The third-order valence-corrected chi connectivity index (χ3v) is 8.61. The number of rotatable bonds is 4. The monoisotopic (exact) mass is 513 g/mol. The van der Waals surface area contributed by atoms with Gasteiger partial charge in [-0.1, -0.05) is 84.4 Å². The highest BCUT2D eigenvalue weighted by atomic mass is 35.5. The van der Waals surface area contributed by atoms with Crippen LogP contribution in [0.5, 0.6) is 0 Å². The van der Waals surface area contributed by atoms with Gasteiger partial charge in [0, 0.05) is 37.1 Å². The summed E-state index contributed by atoms with van der Waals surface area (Å²) < 4.78 is 2.47. The number of aromatic nitrogens is 1. The predicted molar refractivity (Wildman–Crippen MR) is 160 cm³/mol. The van der Waals surface area contributed by atoms with Crippen LogP contribution in [-0.2, 0) is 6.42 Å². The summed E-state index contributed by atoms with van der Waals surface area (Å²) in [5.41, 5.74) is 10.1. The zero-order valence-electron chi connectivity index (χ0n) is 20.2. The quantitative estimate of drug-likeness (QED) is 0.221. The van der Waals surface area contributed by atoms with Crippen LogP contribution in [0.4, 0.5) is 0 Å². The standard InChI is InChI=1S/C34H24ClNS/c35-27-16-13-23(14-17-27)25-15-18-32-30(22-25)29-11-4-5-12-31(29)36(32)28-10-6-9-26(21-28)34-20-19-33(37-34)24-7-2-1-3-8-24/h1-4,6-11,13-22H,5,12H2. The van der Waals surface area contributed by atoms with Crippen LogP contribution in [0, 0.1) is 0 Å². The van der Waals surface area contributed by atoms with E-state index in [1.54, 1.807) is 0 Å². The largest absolute Gasteiger partial charge is 0.313 e. The highest BCUT2D eigenvalue weighted by Gasteiger charge is 2.19. The lowest BCUT2D eigenvalue weighted by atomic mass is 9.99. The van der Waals surface area contributed by atoms with E-state index in [2.05, 4.69) is 114 Å². The van der Waals surface area contributed by atoms with Crippen molar-refractivity contribution in [2.45, 2.75) is 12.8 Å². The Morgan fingerprint density at radius 1 is 0.649 bits per heavy atom. The van der Waals surface area contributed by atoms with Gasteiger partial charge in [0.05, 0.1) is 5.52 Å². The maximum absolute atomic E-state index is 6.14. The Kier molecular flexibility index (Phi) is 5.57. The lowest BCUT2D eigenvalue weighted by Crippen LogP contribution is -2.03. The van der Waals surface area contributed by atoms with E-state index in [4.69, 9.17) is 11.6 Å². The van der Waals surface area contributed by atoms with Gasteiger partial charge in [0.25, 0.3) is 0 Å². The summed E-state index contributed by atoms with van der Waals surface area (Å²) in [4.78, 5) is 2.58. The molecule has 2 heterocycles. The topological polar surface area (TPSA) is 4.93 Å². The molecule has 0 saturated carbocycles. The van der Waals surface area contributed by atoms with E-state index >= 15 is 0 Å². The molecule has 7 rings (SSSR count). The first-order chi connectivity index (χ1) is 18.2. The minimum Gasteiger partial charge on any atom is -0.313 e. The Morgan fingerprint density at radius 3 is 2.24 bits per heavy atom. The fourth-order valence-electron chi connectivity index (χ4n) is 5.39. The molecule has 0 atom stereocenters. The van der Waals surface area contributed by atoms with Crippen LogP contribution in [0.1, 0.15) is 17.7 Å². The van der Waals surface area contributed by atoms with E-state index < -0.39 is 0 Å². The Balaban J connectivity index is 1.34. The average Bonchev–Trinajstić information content (AvgIpc) is 3.57. The first-order valence-electron chi connectivity index (χ1n) is 12.6. The van der Waals surface area contributed by atoms with Gasteiger partial charge in [-0.05, 0) is 83.6 Å². The van der Waals surface area contributed by atoms with Crippen molar-refractivity contribution in [3.05, 3.63) is 132 Å². The van der Waals surface area contributed by atoms with Gasteiger partial charge in [-0.15, -0.1) is 11.3 Å². The van der Waals surface area contributed by atoms with Crippen LogP contribution >= 0.6 is 22.9 Å². The molecule has 0 unspecified atom stereocenters. The van der Waals surface area contributed by atoms with Crippen LogP contribution in [0.15, 0.2) is 115 Å². The molecule has 0 fully saturated rings. The smallest absolute Gasteiger partial charge is 0.0538 e. The summed E-state index contributed by atoms with van der Waals surface area (Å²) in [6.45, 7) is 0. The molecule has 0 radical (unpaired) electrons. The van der Waals surface area contributed by atoms with E-state index in [1.807, 2.05) is 23.5 Å². The number of hydrogen-bond acceptors (Lipinski definition) is 1. The first kappa shape index (κ1) is 22.4. The minimum atomic E-state index is 0.762. The molecule has 0 aliphatic heterocycles. The zero-order chi connectivity index (χ0) is 24.8. The van der Waals surface area contributed by atoms with Crippen LogP contribution in [0.2, 0.25) is 5.02 Å². The van der Waals surface area contributed by atoms with E-state index in [1.165, 1.54) is 59.9 Å². The fraction of sp³-hybridized carbons (Fsp3) is 0.0588. The molecule has 37 heavy (non-hydrogen) atoms. The molecule has 1 nitrogen and oxygen atoms in total. The maximum Gasteiger partial charge on any atom is 0.0538 e. The molecule has 0 bridgehead atoms. The number of fused-ring (bicyclic) bond motifs is 3. The number of allylic oxidation sites excluding steroid dienone is 1. The highest BCUT2D eigenvalue weighted by Crippen LogP contribution is 2.39. The van der Waals surface area contributed by atoms with Crippen molar-refractivity contribution in [1.29, 1.82) is 0 Å². The SMILES string of the molecule is Clc1ccc(-c2ccc3c(c2)c2c(n3-c3cccc(-c4ccc(-c5ccccc5)s4)c3)CCC=C2)cc1. The van der Waals surface area contributed by atoms with Crippen LogP contribution in [0.25, 0.3) is 54.7 Å². The Morgan fingerprint density at radius 2 is 1.41 bits per heavy atom. The number of thiophene rings is 1. The average molecular weight is 514 g/mol. The van der Waals surface area contributed by atoms with E-state index in [0.717, 1.165) is 17.9 Å². The second-order valence-electron chi connectivity index (χ2n) is 9.46. The highest BCUT2D eigenvalue weighted by molar-refractivity contribution is 7.18. The zero-order valence-corrected chi connectivity index (χ0v) is 21.8. The molecule has 2 aromatic heterocycles. The number of hydrogen-bond donors (Lipinski definition) is 0. The predicted octanol–water partition coefficient (Wildman–Crippen LogP) is 10.3. The van der Waals surface area contributed by atoms with Crippen molar-refractivity contribution in [2.24, 2.45) is 0 Å². The van der Waals surface area contributed by atoms with Gasteiger partial charge in [0.15, 0.2) is 0 Å². The Bertz CT molecular complexity index is 1770. The Hall–Kier alpha value is -3.85. The van der Waals surface area contributed by atoms with E-state index in [9.17, 15) is 0 Å².